The summed E-state index contributed by atoms with van der Waals surface area (Å²) in [7, 11) is 1.56. The Bertz CT molecular complexity index is 1590. The van der Waals surface area contributed by atoms with Gasteiger partial charge in [0.1, 0.15) is 17.3 Å². The van der Waals surface area contributed by atoms with E-state index in [-0.39, 0.29) is 17.1 Å². The molecule has 4 aromatic rings. The topological polar surface area (TPSA) is 70.8 Å². The van der Waals surface area contributed by atoms with Crippen LogP contribution in [-0.2, 0) is 5.41 Å². The molecule has 1 aromatic heterocycles. The molecule has 3 atom stereocenters. The molecule has 0 saturated carbocycles. The number of carbonyl (C=O) groups is 1. The quantitative estimate of drug-likeness (QED) is 0.271. The lowest BCUT2D eigenvalue weighted by Crippen LogP contribution is -2.49. The van der Waals surface area contributed by atoms with E-state index in [1.54, 1.807) is 19.2 Å². The van der Waals surface area contributed by atoms with Crippen LogP contribution in [0.25, 0.3) is 11.0 Å². The van der Waals surface area contributed by atoms with E-state index in [1.807, 2.05) is 4.90 Å². The molecule has 43 heavy (non-hydrogen) atoms. The zero-order chi connectivity index (χ0) is 29.6. The largest absolute Gasteiger partial charge is 0.507 e. The van der Waals surface area contributed by atoms with Crippen molar-refractivity contribution >= 4 is 16.9 Å². The van der Waals surface area contributed by atoms with Crippen LogP contribution in [0.4, 0.5) is 0 Å². The minimum absolute atomic E-state index is 0.0259. The molecule has 224 valence electrons. The number of fused-ring (bicyclic) bond motifs is 3. The van der Waals surface area contributed by atoms with Crippen molar-refractivity contribution in [2.24, 2.45) is 0 Å². The fourth-order valence-corrected chi connectivity index (χ4v) is 8.39. The zero-order valence-electron chi connectivity index (χ0n) is 25.3. The summed E-state index contributed by atoms with van der Waals surface area (Å²) in [6, 6.07) is 26.2. The molecule has 3 fully saturated rings. The predicted octanol–water partition coefficient (Wildman–Crippen LogP) is 6.49. The first kappa shape index (κ1) is 28.0. The Morgan fingerprint density at radius 3 is 2.35 bits per heavy atom. The lowest BCUT2D eigenvalue weighted by molar-refractivity contribution is 0.0604. The number of para-hydroxylation sites is 2. The number of imidazole rings is 1. The lowest BCUT2D eigenvalue weighted by atomic mass is 9.70. The lowest BCUT2D eigenvalue weighted by Gasteiger charge is -2.45. The molecule has 7 rings (SSSR count). The van der Waals surface area contributed by atoms with Crippen LogP contribution in [-0.4, -0.2) is 69.2 Å². The molecule has 0 unspecified atom stereocenters. The van der Waals surface area contributed by atoms with E-state index in [2.05, 4.69) is 71.0 Å². The van der Waals surface area contributed by atoms with Crippen LogP contribution in [0.15, 0.2) is 72.8 Å². The Kier molecular flexibility index (Phi) is 7.38. The second-order valence-electron chi connectivity index (χ2n) is 12.8. The summed E-state index contributed by atoms with van der Waals surface area (Å²) in [4.78, 5) is 23.0. The molecule has 7 nitrogen and oxygen atoms in total. The van der Waals surface area contributed by atoms with Crippen molar-refractivity contribution in [3.8, 4) is 11.5 Å². The maximum atomic E-state index is 13.4. The summed E-state index contributed by atoms with van der Waals surface area (Å²) in [6.07, 6.45) is 7.86. The Labute approximate surface area is 254 Å². The van der Waals surface area contributed by atoms with Gasteiger partial charge in [-0.25, -0.2) is 4.98 Å². The molecule has 0 radical (unpaired) electrons. The number of aromatic nitrogens is 2. The van der Waals surface area contributed by atoms with E-state index in [4.69, 9.17) is 9.72 Å². The predicted molar refractivity (Wildman–Crippen MR) is 169 cm³/mol. The Balaban J connectivity index is 1.06. The molecular weight excluding hydrogens is 536 g/mol. The molecule has 1 N–H and O–H groups in total. The van der Waals surface area contributed by atoms with Crippen molar-refractivity contribution in [3.63, 3.8) is 0 Å². The maximum Gasteiger partial charge on any atom is 0.257 e. The van der Waals surface area contributed by atoms with Gasteiger partial charge >= 0.3 is 0 Å². The number of phenolic OH excluding ortho intramolecular Hbond substituents is 1. The van der Waals surface area contributed by atoms with Gasteiger partial charge in [-0.15, -0.1) is 0 Å². The minimum atomic E-state index is -0.107. The third kappa shape index (κ3) is 5.07. The molecular formula is C36H42N4O3. The number of hydrogen-bond acceptors (Lipinski definition) is 5. The van der Waals surface area contributed by atoms with Crippen molar-refractivity contribution in [1.82, 2.24) is 19.4 Å². The van der Waals surface area contributed by atoms with Gasteiger partial charge in [-0.2, -0.15) is 0 Å². The van der Waals surface area contributed by atoms with Crippen molar-refractivity contribution in [1.29, 1.82) is 0 Å². The SMILES string of the molecule is COc1ccc(C(=O)N2CCC(CCN3[C@@H]4CC[C@H]3C[C@@H](n3c(C)nc5ccccc53)C4)(c3ccccc3)CC2)c(O)c1. The standard InChI is InChI=1S/C36H42N4O3/c1-25-37-32-10-6-7-11-33(32)40(25)29-22-27-12-13-28(23-29)39(27)21-18-36(26-8-4-3-5-9-26)16-19-38(20-17-36)35(42)31-15-14-30(43-2)24-34(31)41/h3-11,14-15,24,27-29,41H,12-13,16-23H2,1-2H3/t27-,28+,29+. The number of nitrogens with zero attached hydrogens (tertiary/aromatic N) is 4. The van der Waals surface area contributed by atoms with E-state index < -0.39 is 0 Å². The van der Waals surface area contributed by atoms with Crippen LogP contribution in [0.1, 0.15) is 72.7 Å². The number of ether oxygens (including phenoxy) is 1. The number of piperidine rings is 2. The highest BCUT2D eigenvalue weighted by atomic mass is 16.5. The fraction of sp³-hybridized carbons (Fsp3) is 0.444. The second-order valence-corrected chi connectivity index (χ2v) is 12.8. The van der Waals surface area contributed by atoms with E-state index >= 15 is 0 Å². The van der Waals surface area contributed by atoms with E-state index in [0.717, 1.165) is 37.1 Å². The van der Waals surface area contributed by atoms with Crippen LogP contribution in [0.3, 0.4) is 0 Å². The summed E-state index contributed by atoms with van der Waals surface area (Å²) < 4.78 is 7.71. The van der Waals surface area contributed by atoms with Crippen molar-refractivity contribution in [2.75, 3.05) is 26.7 Å². The van der Waals surface area contributed by atoms with Crippen LogP contribution in [0.5, 0.6) is 11.5 Å². The molecule has 4 heterocycles. The molecule has 3 aliphatic rings. The van der Waals surface area contributed by atoms with Gasteiger partial charge in [-0.3, -0.25) is 9.69 Å². The van der Waals surface area contributed by atoms with Gasteiger partial charge in [0.05, 0.1) is 23.7 Å². The molecule has 0 aliphatic carbocycles. The summed E-state index contributed by atoms with van der Waals surface area (Å²) >= 11 is 0. The van der Waals surface area contributed by atoms with Crippen LogP contribution < -0.4 is 4.74 Å². The Morgan fingerprint density at radius 1 is 0.953 bits per heavy atom. The maximum absolute atomic E-state index is 13.4. The van der Waals surface area contributed by atoms with Gasteiger partial charge < -0.3 is 19.3 Å². The van der Waals surface area contributed by atoms with Gasteiger partial charge in [0.2, 0.25) is 0 Å². The highest BCUT2D eigenvalue weighted by molar-refractivity contribution is 5.97. The number of amides is 1. The molecule has 3 aromatic carbocycles. The Hall–Kier alpha value is -3.84. The van der Waals surface area contributed by atoms with Crippen LogP contribution in [0.2, 0.25) is 0 Å². The smallest absolute Gasteiger partial charge is 0.257 e. The highest BCUT2D eigenvalue weighted by Crippen LogP contribution is 2.45. The molecule has 0 spiro atoms. The van der Waals surface area contributed by atoms with Crippen molar-refractivity contribution in [2.45, 2.75) is 75.4 Å². The van der Waals surface area contributed by atoms with Gasteiger partial charge in [0, 0.05) is 37.3 Å². The van der Waals surface area contributed by atoms with Gasteiger partial charge in [-0.05, 0) is 93.7 Å². The third-order valence-corrected chi connectivity index (χ3v) is 10.7. The summed E-state index contributed by atoms with van der Waals surface area (Å²) in [5.41, 5.74) is 4.13. The zero-order valence-corrected chi connectivity index (χ0v) is 25.3. The number of rotatable bonds is 7. The van der Waals surface area contributed by atoms with Crippen LogP contribution in [0, 0.1) is 6.92 Å². The fourth-order valence-electron chi connectivity index (χ4n) is 8.39. The number of methoxy groups -OCH3 is 1. The summed E-state index contributed by atoms with van der Waals surface area (Å²) in [5.74, 6) is 1.54. The summed E-state index contributed by atoms with van der Waals surface area (Å²) in [5, 5.41) is 10.5. The summed E-state index contributed by atoms with van der Waals surface area (Å²) in [6.45, 7) is 4.61. The highest BCUT2D eigenvalue weighted by Gasteiger charge is 2.44. The number of aromatic hydroxyl groups is 1. The molecule has 7 heteroatoms. The van der Waals surface area contributed by atoms with E-state index in [9.17, 15) is 9.90 Å². The van der Waals surface area contributed by atoms with Crippen LogP contribution >= 0.6 is 0 Å². The number of aryl methyl sites for hydroxylation is 1. The number of phenols is 1. The number of carbonyl (C=O) groups excluding carboxylic acids is 1. The van der Waals surface area contributed by atoms with Gasteiger partial charge in [-0.1, -0.05) is 42.5 Å². The molecule has 3 saturated heterocycles. The first-order chi connectivity index (χ1) is 21.0. The minimum Gasteiger partial charge on any atom is -0.507 e. The monoisotopic (exact) mass is 578 g/mol. The Morgan fingerprint density at radius 2 is 1.65 bits per heavy atom. The van der Waals surface area contributed by atoms with Gasteiger partial charge in [0.15, 0.2) is 0 Å². The molecule has 1 amide bonds. The number of hydrogen-bond donors (Lipinski definition) is 1. The average molecular weight is 579 g/mol. The van der Waals surface area contributed by atoms with Crippen molar-refractivity contribution < 1.29 is 14.6 Å². The number of benzene rings is 3. The first-order valence-electron chi connectivity index (χ1n) is 15.9. The second kappa shape index (κ2) is 11.3. The number of likely N-dealkylation sites (tertiary alicyclic amines) is 1. The van der Waals surface area contributed by atoms with Gasteiger partial charge in [0.25, 0.3) is 5.91 Å². The normalized spacial score (nSPS) is 23.5. The van der Waals surface area contributed by atoms with E-state index in [1.165, 1.54) is 42.8 Å². The first-order valence-corrected chi connectivity index (χ1v) is 15.9. The molecule has 2 bridgehead atoms. The molecule has 3 aliphatic heterocycles. The third-order valence-electron chi connectivity index (χ3n) is 10.7. The average Bonchev–Trinajstić information content (AvgIpc) is 3.50. The van der Waals surface area contributed by atoms with E-state index in [0.29, 0.717) is 42.5 Å². The van der Waals surface area contributed by atoms with Crippen molar-refractivity contribution in [3.05, 3.63) is 89.7 Å².